The fourth-order valence-corrected chi connectivity index (χ4v) is 3.88. The van der Waals surface area contributed by atoms with Gasteiger partial charge in [-0.25, -0.2) is 0 Å². The van der Waals surface area contributed by atoms with Crippen LogP contribution in [0.5, 0.6) is 0 Å². The smallest absolute Gasteiger partial charge is 0.264 e. The molecule has 148 valence electrons. The van der Waals surface area contributed by atoms with E-state index in [1.807, 2.05) is 38.1 Å². The summed E-state index contributed by atoms with van der Waals surface area (Å²) in [4.78, 5) is 27.6. The van der Waals surface area contributed by atoms with Crippen LogP contribution in [0.25, 0.3) is 0 Å². The van der Waals surface area contributed by atoms with Crippen LogP contribution in [-0.2, 0) is 16.9 Å². The van der Waals surface area contributed by atoms with Crippen molar-refractivity contribution in [2.45, 2.75) is 39.3 Å². The first kappa shape index (κ1) is 19.2. The molecule has 1 aliphatic rings. The van der Waals surface area contributed by atoms with Crippen LogP contribution < -0.4 is 4.90 Å². The second kappa shape index (κ2) is 7.01. The number of hydrogen-bond donors (Lipinski definition) is 1. The molecule has 3 aromatic rings. The van der Waals surface area contributed by atoms with Crippen LogP contribution in [0.15, 0.2) is 59.0 Å². The van der Waals surface area contributed by atoms with Crippen molar-refractivity contribution < 1.29 is 19.1 Å². The number of para-hydroxylation sites is 1. The molecule has 1 aliphatic heterocycles. The summed E-state index contributed by atoms with van der Waals surface area (Å²) in [7, 11) is 0. The lowest BCUT2D eigenvalue weighted by atomic mass is 9.89. The van der Waals surface area contributed by atoms with Gasteiger partial charge in [0.2, 0.25) is 5.78 Å². The van der Waals surface area contributed by atoms with Crippen molar-refractivity contribution in [3.8, 4) is 0 Å². The fraction of sp³-hybridized carbons (Fsp3) is 0.250. The Hall–Kier alpha value is -3.18. The molecular formula is C24H23NO4. The number of aliphatic hydroxyl groups is 1. The molecule has 1 unspecified atom stereocenters. The molecule has 1 amide bonds. The first-order valence-corrected chi connectivity index (χ1v) is 9.59. The molecule has 1 N–H and O–H groups in total. The largest absolute Gasteiger partial charge is 0.458 e. The average molecular weight is 389 g/mol. The number of nitrogens with zero attached hydrogens (tertiary/aromatic N) is 1. The highest BCUT2D eigenvalue weighted by Gasteiger charge is 2.51. The minimum absolute atomic E-state index is 0.147. The second-order valence-corrected chi connectivity index (χ2v) is 7.71. The molecular weight excluding hydrogens is 366 g/mol. The maximum Gasteiger partial charge on any atom is 0.264 e. The molecule has 29 heavy (non-hydrogen) atoms. The first-order valence-electron chi connectivity index (χ1n) is 9.59. The molecule has 4 rings (SSSR count). The molecule has 5 heteroatoms. The monoisotopic (exact) mass is 389 g/mol. The topological polar surface area (TPSA) is 70.8 Å². The summed E-state index contributed by atoms with van der Waals surface area (Å²) in [5.74, 6) is -0.141. The minimum Gasteiger partial charge on any atom is -0.458 e. The summed E-state index contributed by atoms with van der Waals surface area (Å²) in [6, 6.07) is 16.4. The van der Waals surface area contributed by atoms with Gasteiger partial charge in [0.25, 0.3) is 5.91 Å². The van der Waals surface area contributed by atoms with Gasteiger partial charge in [-0.1, -0.05) is 42.0 Å². The third kappa shape index (κ3) is 3.28. The number of benzene rings is 2. The maximum atomic E-state index is 13.3. The molecule has 2 aromatic carbocycles. The predicted octanol–water partition coefficient (Wildman–Crippen LogP) is 4.21. The third-order valence-electron chi connectivity index (χ3n) is 5.50. The zero-order valence-corrected chi connectivity index (χ0v) is 16.7. The molecule has 5 nitrogen and oxygen atoms in total. The fourth-order valence-electron chi connectivity index (χ4n) is 3.88. The lowest BCUT2D eigenvalue weighted by molar-refractivity contribution is -0.136. The molecule has 0 saturated heterocycles. The Morgan fingerprint density at radius 1 is 1.07 bits per heavy atom. The Balaban J connectivity index is 1.70. The van der Waals surface area contributed by atoms with E-state index < -0.39 is 17.3 Å². The molecule has 0 radical (unpaired) electrons. The molecule has 0 saturated carbocycles. The van der Waals surface area contributed by atoms with Gasteiger partial charge in [-0.15, -0.1) is 0 Å². The van der Waals surface area contributed by atoms with E-state index in [9.17, 15) is 14.7 Å². The highest BCUT2D eigenvalue weighted by Crippen LogP contribution is 2.43. The Bertz CT molecular complexity index is 1110. The zero-order chi connectivity index (χ0) is 20.8. The third-order valence-corrected chi connectivity index (χ3v) is 5.50. The van der Waals surface area contributed by atoms with Crippen LogP contribution in [0.1, 0.15) is 45.0 Å². The lowest BCUT2D eigenvalue weighted by Crippen LogP contribution is -2.41. The highest BCUT2D eigenvalue weighted by molar-refractivity contribution is 6.10. The summed E-state index contributed by atoms with van der Waals surface area (Å²) >= 11 is 0. The molecule has 1 aromatic heterocycles. The molecule has 0 fully saturated rings. The number of hydrogen-bond acceptors (Lipinski definition) is 4. The van der Waals surface area contributed by atoms with Crippen molar-refractivity contribution in [1.82, 2.24) is 0 Å². The van der Waals surface area contributed by atoms with E-state index in [0.717, 1.165) is 16.7 Å². The van der Waals surface area contributed by atoms with E-state index in [-0.39, 0.29) is 12.2 Å². The van der Waals surface area contributed by atoms with Crippen molar-refractivity contribution >= 4 is 17.4 Å². The number of rotatable bonds is 5. The van der Waals surface area contributed by atoms with Crippen molar-refractivity contribution in [2.75, 3.05) is 4.90 Å². The Labute approximate surface area is 169 Å². The van der Waals surface area contributed by atoms with E-state index in [1.54, 1.807) is 42.2 Å². The van der Waals surface area contributed by atoms with Gasteiger partial charge in [0.15, 0.2) is 11.4 Å². The summed E-state index contributed by atoms with van der Waals surface area (Å²) in [6.45, 7) is 6.08. The summed E-state index contributed by atoms with van der Waals surface area (Å²) in [5, 5.41) is 11.4. The molecule has 0 aliphatic carbocycles. The van der Waals surface area contributed by atoms with Gasteiger partial charge in [-0.3, -0.25) is 9.59 Å². The van der Waals surface area contributed by atoms with E-state index in [2.05, 4.69) is 0 Å². The number of carbonyl (C=O) groups is 2. The number of anilines is 1. The van der Waals surface area contributed by atoms with Gasteiger partial charge in [0.1, 0.15) is 5.76 Å². The maximum absolute atomic E-state index is 13.3. The Morgan fingerprint density at radius 3 is 2.55 bits per heavy atom. The summed E-state index contributed by atoms with van der Waals surface area (Å²) in [6.07, 6.45) is -0.362. The second-order valence-electron chi connectivity index (χ2n) is 7.71. The van der Waals surface area contributed by atoms with Crippen molar-refractivity contribution in [1.29, 1.82) is 0 Å². The SMILES string of the molecule is Cc1ccc(C)c(CN2C(=O)C(O)(CC(=O)c3ccc(C)o3)c3ccccc32)c1. The number of Topliss-reactive ketones (excluding diaryl/α,β-unsaturated/α-hetero) is 1. The van der Waals surface area contributed by atoms with E-state index in [4.69, 9.17) is 4.42 Å². The quantitative estimate of drug-likeness (QED) is 0.664. The average Bonchev–Trinajstić information content (AvgIpc) is 3.21. The van der Waals surface area contributed by atoms with Gasteiger partial charge < -0.3 is 14.4 Å². The van der Waals surface area contributed by atoms with Crippen molar-refractivity contribution in [2.24, 2.45) is 0 Å². The molecule has 0 bridgehead atoms. The number of ketones is 1. The Morgan fingerprint density at radius 2 is 1.83 bits per heavy atom. The number of furan rings is 1. The van der Waals surface area contributed by atoms with Crippen LogP contribution >= 0.6 is 0 Å². The number of amides is 1. The van der Waals surface area contributed by atoms with Crippen LogP contribution in [0.4, 0.5) is 5.69 Å². The van der Waals surface area contributed by atoms with E-state index in [1.165, 1.54) is 0 Å². The van der Waals surface area contributed by atoms with Crippen LogP contribution in [0, 0.1) is 20.8 Å². The molecule has 1 atom stereocenters. The summed E-state index contributed by atoms with van der Waals surface area (Å²) < 4.78 is 5.39. The van der Waals surface area contributed by atoms with Gasteiger partial charge in [0, 0.05) is 5.56 Å². The van der Waals surface area contributed by atoms with Crippen molar-refractivity contribution in [3.63, 3.8) is 0 Å². The van der Waals surface area contributed by atoms with Crippen LogP contribution in [0.2, 0.25) is 0 Å². The van der Waals surface area contributed by atoms with Crippen LogP contribution in [-0.4, -0.2) is 16.8 Å². The lowest BCUT2D eigenvalue weighted by Gasteiger charge is -2.23. The van der Waals surface area contributed by atoms with E-state index in [0.29, 0.717) is 23.6 Å². The van der Waals surface area contributed by atoms with Crippen molar-refractivity contribution in [3.05, 3.63) is 88.4 Å². The zero-order valence-electron chi connectivity index (χ0n) is 16.7. The molecule has 0 spiro atoms. The number of carbonyl (C=O) groups excluding carboxylic acids is 2. The standard InChI is InChI=1S/C24H23NO4/c1-15-8-9-16(2)18(12-15)14-25-20-7-5-4-6-19(20)24(28,23(25)27)13-21(26)22-11-10-17(3)29-22/h4-12,28H,13-14H2,1-3H3. The summed E-state index contributed by atoms with van der Waals surface area (Å²) in [5.41, 5.74) is 2.34. The predicted molar refractivity (Wildman–Crippen MR) is 110 cm³/mol. The van der Waals surface area contributed by atoms with E-state index >= 15 is 0 Å². The van der Waals surface area contributed by atoms with Gasteiger partial charge in [-0.05, 0) is 50.1 Å². The van der Waals surface area contributed by atoms with Gasteiger partial charge in [-0.2, -0.15) is 0 Å². The number of fused-ring (bicyclic) bond motifs is 1. The molecule has 2 heterocycles. The van der Waals surface area contributed by atoms with Crippen LogP contribution in [0.3, 0.4) is 0 Å². The number of aryl methyl sites for hydroxylation is 3. The highest BCUT2D eigenvalue weighted by atomic mass is 16.3. The normalized spacial score (nSPS) is 18.2. The Kier molecular flexibility index (Phi) is 4.63. The van der Waals surface area contributed by atoms with Gasteiger partial charge >= 0.3 is 0 Å². The first-order chi connectivity index (χ1) is 13.8. The van der Waals surface area contributed by atoms with Gasteiger partial charge in [0.05, 0.1) is 18.7 Å². The minimum atomic E-state index is -1.91.